The number of benzene rings is 2. The van der Waals surface area contributed by atoms with E-state index in [1.54, 1.807) is 0 Å². The molecule has 0 radical (unpaired) electrons. The van der Waals surface area contributed by atoms with E-state index in [0.717, 1.165) is 12.2 Å². The zero-order valence-corrected chi connectivity index (χ0v) is 16.4. The minimum atomic E-state index is -0.476. The average Bonchev–Trinajstić information content (AvgIpc) is 3.15. The summed E-state index contributed by atoms with van der Waals surface area (Å²) in [6, 6.07) is 13.0. The maximum absolute atomic E-state index is 12.9. The van der Waals surface area contributed by atoms with Crippen LogP contribution in [0.3, 0.4) is 0 Å². The number of rotatable bonds is 7. The van der Waals surface area contributed by atoms with Crippen molar-refractivity contribution in [2.24, 2.45) is 0 Å². The number of nitrogens with one attached hydrogen (secondary N) is 2. The summed E-state index contributed by atoms with van der Waals surface area (Å²) in [5.41, 5.74) is 1.76. The molecule has 0 aliphatic heterocycles. The van der Waals surface area contributed by atoms with Crippen molar-refractivity contribution in [1.82, 2.24) is 10.2 Å². The van der Waals surface area contributed by atoms with Gasteiger partial charge in [-0.3, -0.25) is 5.32 Å². The normalized spacial score (nSPS) is 11.7. The van der Waals surface area contributed by atoms with Crippen LogP contribution in [-0.4, -0.2) is 16.2 Å². The molecule has 0 saturated heterocycles. The third-order valence-corrected chi connectivity index (χ3v) is 5.03. The van der Waals surface area contributed by atoms with Crippen LogP contribution in [-0.2, 0) is 6.61 Å². The highest BCUT2D eigenvalue weighted by Gasteiger charge is 2.09. The number of hydrogen-bond donors (Lipinski definition) is 2. The lowest BCUT2D eigenvalue weighted by molar-refractivity contribution is 0.262. The highest BCUT2D eigenvalue weighted by molar-refractivity contribution is 7.15. The number of halogens is 1. The number of hydrogen-bond acceptors (Lipinski definition) is 5. The number of amides is 2. The zero-order valence-electron chi connectivity index (χ0n) is 15.6. The van der Waals surface area contributed by atoms with E-state index >= 15 is 0 Å². The molecule has 1 aromatic heterocycles. The lowest BCUT2D eigenvalue weighted by atomic mass is 9.99. The quantitative estimate of drug-likeness (QED) is 0.556. The van der Waals surface area contributed by atoms with Crippen molar-refractivity contribution in [3.05, 3.63) is 64.9 Å². The molecule has 0 bridgehead atoms. The fraction of sp³-hybridized carbons (Fsp3) is 0.250. The molecule has 0 spiro atoms. The van der Waals surface area contributed by atoms with Gasteiger partial charge in [-0.15, -0.1) is 10.2 Å². The van der Waals surface area contributed by atoms with Gasteiger partial charge >= 0.3 is 6.03 Å². The molecular formula is C20H21FN4O2S. The van der Waals surface area contributed by atoms with Crippen LogP contribution in [0.2, 0.25) is 0 Å². The van der Waals surface area contributed by atoms with Crippen molar-refractivity contribution in [1.29, 1.82) is 0 Å². The Kier molecular flexibility index (Phi) is 6.54. The SMILES string of the molecule is CC[C@@H](C)c1ccc(OCc2nnc(NC(=O)Nc3ccc(F)cc3)s2)cc1. The second-order valence-corrected chi connectivity index (χ2v) is 7.32. The first-order valence-corrected chi connectivity index (χ1v) is 9.74. The Morgan fingerprint density at radius 3 is 2.50 bits per heavy atom. The van der Waals surface area contributed by atoms with Crippen molar-refractivity contribution in [2.75, 3.05) is 10.6 Å². The first kappa shape index (κ1) is 19.8. The third-order valence-electron chi connectivity index (χ3n) is 4.21. The van der Waals surface area contributed by atoms with E-state index < -0.39 is 6.03 Å². The number of ether oxygens (including phenoxy) is 1. The number of nitrogens with zero attached hydrogens (tertiary/aromatic N) is 2. The maximum atomic E-state index is 12.9. The van der Waals surface area contributed by atoms with Gasteiger partial charge in [-0.1, -0.05) is 37.3 Å². The average molecular weight is 400 g/mol. The van der Waals surface area contributed by atoms with Crippen molar-refractivity contribution in [2.45, 2.75) is 32.8 Å². The molecule has 0 aliphatic carbocycles. The van der Waals surface area contributed by atoms with E-state index in [2.05, 4.69) is 46.8 Å². The van der Waals surface area contributed by atoms with Gasteiger partial charge in [0, 0.05) is 5.69 Å². The Morgan fingerprint density at radius 1 is 1.11 bits per heavy atom. The number of anilines is 2. The summed E-state index contributed by atoms with van der Waals surface area (Å²) in [5.74, 6) is 0.909. The number of carbonyl (C=O) groups excluding carboxylic acids is 1. The second-order valence-electron chi connectivity index (χ2n) is 6.25. The van der Waals surface area contributed by atoms with Gasteiger partial charge in [0.25, 0.3) is 0 Å². The van der Waals surface area contributed by atoms with E-state index in [1.165, 1.54) is 41.2 Å². The topological polar surface area (TPSA) is 76.1 Å². The standard InChI is InChI=1S/C20H21FN4O2S/c1-3-13(2)14-4-10-17(11-5-14)27-12-18-24-25-20(28-18)23-19(26)22-16-8-6-15(21)7-9-16/h4-11,13H,3,12H2,1-2H3,(H2,22,23,25,26)/t13-/m1/s1. The lowest BCUT2D eigenvalue weighted by Crippen LogP contribution is -2.19. The van der Waals surface area contributed by atoms with Crippen molar-refractivity contribution in [3.8, 4) is 5.75 Å². The van der Waals surface area contributed by atoms with Crippen molar-refractivity contribution in [3.63, 3.8) is 0 Å². The summed E-state index contributed by atoms with van der Waals surface area (Å²) in [5, 5.41) is 14.1. The van der Waals surface area contributed by atoms with Gasteiger partial charge in [0.15, 0.2) is 5.01 Å². The molecule has 146 valence electrons. The fourth-order valence-corrected chi connectivity index (χ4v) is 3.08. The monoisotopic (exact) mass is 400 g/mol. The van der Waals surface area contributed by atoms with Crippen LogP contribution in [0.25, 0.3) is 0 Å². The molecule has 3 rings (SSSR count). The van der Waals surface area contributed by atoms with Crippen LogP contribution in [0, 0.1) is 5.82 Å². The number of carbonyl (C=O) groups is 1. The summed E-state index contributed by atoms with van der Waals surface area (Å²) in [4.78, 5) is 12.0. The highest BCUT2D eigenvalue weighted by Crippen LogP contribution is 2.23. The molecule has 0 unspecified atom stereocenters. The molecular weight excluding hydrogens is 379 g/mol. The predicted octanol–water partition coefficient (Wildman–Crippen LogP) is 5.41. The van der Waals surface area contributed by atoms with Crippen LogP contribution in [0.5, 0.6) is 5.75 Å². The molecule has 0 aliphatic rings. The van der Waals surface area contributed by atoms with E-state index in [1.807, 2.05) is 12.1 Å². The molecule has 1 heterocycles. The zero-order chi connectivity index (χ0) is 19.9. The Labute approximate surface area is 166 Å². The summed E-state index contributed by atoms with van der Waals surface area (Å²) >= 11 is 1.23. The number of aromatic nitrogens is 2. The van der Waals surface area contributed by atoms with Crippen LogP contribution in [0.4, 0.5) is 20.0 Å². The molecule has 28 heavy (non-hydrogen) atoms. The van der Waals surface area contributed by atoms with E-state index in [-0.39, 0.29) is 12.4 Å². The van der Waals surface area contributed by atoms with Gasteiger partial charge in [-0.05, 0) is 54.3 Å². The summed E-state index contributed by atoms with van der Waals surface area (Å²) in [6.07, 6.45) is 1.09. The van der Waals surface area contributed by atoms with E-state index in [9.17, 15) is 9.18 Å². The molecule has 0 saturated carbocycles. The highest BCUT2D eigenvalue weighted by atomic mass is 32.1. The molecule has 1 atom stereocenters. The summed E-state index contributed by atoms with van der Waals surface area (Å²) in [7, 11) is 0. The third kappa shape index (κ3) is 5.50. The van der Waals surface area contributed by atoms with Gasteiger partial charge in [0.1, 0.15) is 18.2 Å². The van der Waals surface area contributed by atoms with Gasteiger partial charge in [-0.25, -0.2) is 9.18 Å². The Bertz CT molecular complexity index is 913. The van der Waals surface area contributed by atoms with Crippen LogP contribution in [0.1, 0.15) is 36.8 Å². The molecule has 2 amide bonds. The van der Waals surface area contributed by atoms with Crippen molar-refractivity contribution >= 4 is 28.2 Å². The van der Waals surface area contributed by atoms with Crippen LogP contribution >= 0.6 is 11.3 Å². The first-order valence-electron chi connectivity index (χ1n) is 8.92. The second kappa shape index (κ2) is 9.27. The Hall–Kier alpha value is -3.00. The van der Waals surface area contributed by atoms with Gasteiger partial charge in [0.05, 0.1) is 0 Å². The minimum Gasteiger partial charge on any atom is -0.486 e. The van der Waals surface area contributed by atoms with Crippen LogP contribution in [0.15, 0.2) is 48.5 Å². The predicted molar refractivity (Wildman–Crippen MR) is 108 cm³/mol. The first-order chi connectivity index (χ1) is 13.5. The minimum absolute atomic E-state index is 0.265. The molecule has 2 aromatic carbocycles. The molecule has 0 fully saturated rings. The summed E-state index contributed by atoms with van der Waals surface area (Å²) < 4.78 is 18.6. The Balaban J connectivity index is 1.49. The van der Waals surface area contributed by atoms with Crippen LogP contribution < -0.4 is 15.4 Å². The van der Waals surface area contributed by atoms with E-state index in [4.69, 9.17) is 4.74 Å². The van der Waals surface area contributed by atoms with Gasteiger partial charge in [0.2, 0.25) is 5.13 Å². The maximum Gasteiger partial charge on any atom is 0.325 e. The summed E-state index contributed by atoms with van der Waals surface area (Å²) in [6.45, 7) is 4.62. The molecule has 2 N–H and O–H groups in total. The Morgan fingerprint density at radius 2 is 1.82 bits per heavy atom. The van der Waals surface area contributed by atoms with Gasteiger partial charge < -0.3 is 10.1 Å². The lowest BCUT2D eigenvalue weighted by Gasteiger charge is -2.10. The smallest absolute Gasteiger partial charge is 0.325 e. The van der Waals surface area contributed by atoms with Gasteiger partial charge in [-0.2, -0.15) is 0 Å². The molecule has 3 aromatic rings. The van der Waals surface area contributed by atoms with E-state index in [0.29, 0.717) is 21.7 Å². The molecule has 6 nitrogen and oxygen atoms in total. The fourth-order valence-electron chi connectivity index (χ4n) is 2.43. The van der Waals surface area contributed by atoms with Crippen molar-refractivity contribution < 1.29 is 13.9 Å². The molecule has 8 heteroatoms. The number of urea groups is 1. The largest absolute Gasteiger partial charge is 0.486 e.